The maximum absolute atomic E-state index is 4.70. The molecule has 0 saturated carbocycles. The van der Waals surface area contributed by atoms with Gasteiger partial charge in [0.2, 0.25) is 0 Å². The van der Waals surface area contributed by atoms with Crippen LogP contribution >= 0.6 is 0 Å². The Bertz CT molecular complexity index is 925. The number of benzene rings is 1. The Morgan fingerprint density at radius 3 is 2.73 bits per heavy atom. The molecule has 0 spiro atoms. The SMILES string of the molecule is CC(C)c1cccc2c1ncn2CCC(C)c1ccnc2c1CCN2C. The molecule has 4 rings (SSSR count). The van der Waals surface area contributed by atoms with Crippen molar-refractivity contribution in [1.29, 1.82) is 0 Å². The molecule has 3 heterocycles. The minimum atomic E-state index is 0.498. The third-order valence-corrected chi connectivity index (χ3v) is 5.77. The first-order valence-corrected chi connectivity index (χ1v) is 9.69. The maximum atomic E-state index is 4.70. The van der Waals surface area contributed by atoms with Gasteiger partial charge in [0.15, 0.2) is 0 Å². The van der Waals surface area contributed by atoms with Gasteiger partial charge in [0.05, 0.1) is 17.4 Å². The minimum Gasteiger partial charge on any atom is -0.359 e. The van der Waals surface area contributed by atoms with E-state index in [1.165, 1.54) is 28.0 Å². The van der Waals surface area contributed by atoms with Crippen molar-refractivity contribution in [1.82, 2.24) is 14.5 Å². The number of rotatable bonds is 5. The normalized spacial score (nSPS) is 15.0. The molecule has 4 nitrogen and oxygen atoms in total. The zero-order valence-corrected chi connectivity index (χ0v) is 16.2. The zero-order valence-electron chi connectivity index (χ0n) is 16.2. The van der Waals surface area contributed by atoms with Gasteiger partial charge in [-0.2, -0.15) is 0 Å². The molecule has 3 aromatic rings. The van der Waals surface area contributed by atoms with E-state index < -0.39 is 0 Å². The highest BCUT2D eigenvalue weighted by Crippen LogP contribution is 2.33. The highest BCUT2D eigenvalue weighted by molar-refractivity contribution is 5.79. The number of aromatic nitrogens is 3. The lowest BCUT2D eigenvalue weighted by atomic mass is 9.93. The van der Waals surface area contributed by atoms with Crippen LogP contribution in [-0.2, 0) is 13.0 Å². The molecule has 0 saturated heterocycles. The number of likely N-dealkylation sites (N-methyl/N-ethyl adjacent to an activating group) is 1. The minimum absolute atomic E-state index is 0.498. The number of para-hydroxylation sites is 1. The van der Waals surface area contributed by atoms with E-state index in [2.05, 4.69) is 66.5 Å². The molecule has 136 valence electrons. The molecule has 1 aromatic carbocycles. The van der Waals surface area contributed by atoms with Crippen LogP contribution in [0.5, 0.6) is 0 Å². The average molecular weight is 348 g/mol. The van der Waals surface area contributed by atoms with E-state index in [1.807, 2.05) is 12.5 Å². The summed E-state index contributed by atoms with van der Waals surface area (Å²) in [5.41, 5.74) is 6.65. The molecule has 1 aliphatic rings. The fourth-order valence-corrected chi connectivity index (χ4v) is 4.17. The van der Waals surface area contributed by atoms with E-state index in [9.17, 15) is 0 Å². The van der Waals surface area contributed by atoms with E-state index in [-0.39, 0.29) is 0 Å². The van der Waals surface area contributed by atoms with Crippen LogP contribution in [0.2, 0.25) is 0 Å². The van der Waals surface area contributed by atoms with Gasteiger partial charge in [-0.3, -0.25) is 0 Å². The topological polar surface area (TPSA) is 34.0 Å². The van der Waals surface area contributed by atoms with Crippen molar-refractivity contribution in [2.45, 2.75) is 52.0 Å². The molecule has 0 N–H and O–H groups in total. The van der Waals surface area contributed by atoms with Gasteiger partial charge in [-0.15, -0.1) is 0 Å². The van der Waals surface area contributed by atoms with E-state index in [1.54, 1.807) is 0 Å². The fraction of sp³-hybridized carbons (Fsp3) is 0.455. The first-order chi connectivity index (χ1) is 12.6. The van der Waals surface area contributed by atoms with Crippen LogP contribution in [0.25, 0.3) is 11.0 Å². The van der Waals surface area contributed by atoms with Crippen LogP contribution in [0.4, 0.5) is 5.82 Å². The second-order valence-electron chi connectivity index (χ2n) is 7.87. The highest BCUT2D eigenvalue weighted by atomic mass is 15.2. The van der Waals surface area contributed by atoms with E-state index >= 15 is 0 Å². The van der Waals surface area contributed by atoms with Gasteiger partial charge in [0, 0.05) is 26.3 Å². The summed E-state index contributed by atoms with van der Waals surface area (Å²) in [6, 6.07) is 8.76. The molecular weight excluding hydrogens is 320 g/mol. The quantitative estimate of drug-likeness (QED) is 0.668. The van der Waals surface area contributed by atoms with Gasteiger partial charge in [0.25, 0.3) is 0 Å². The van der Waals surface area contributed by atoms with Crippen molar-refractivity contribution in [3.8, 4) is 0 Å². The second-order valence-corrected chi connectivity index (χ2v) is 7.87. The molecule has 2 aromatic heterocycles. The summed E-state index contributed by atoms with van der Waals surface area (Å²) in [7, 11) is 2.14. The van der Waals surface area contributed by atoms with Crippen LogP contribution < -0.4 is 4.90 Å². The van der Waals surface area contributed by atoms with Gasteiger partial charge >= 0.3 is 0 Å². The fourth-order valence-electron chi connectivity index (χ4n) is 4.17. The zero-order chi connectivity index (χ0) is 18.3. The van der Waals surface area contributed by atoms with Crippen molar-refractivity contribution in [3.63, 3.8) is 0 Å². The number of aryl methyl sites for hydroxylation is 1. The van der Waals surface area contributed by atoms with E-state index in [0.717, 1.165) is 31.4 Å². The average Bonchev–Trinajstić information content (AvgIpc) is 3.23. The summed E-state index contributed by atoms with van der Waals surface area (Å²) >= 11 is 0. The van der Waals surface area contributed by atoms with Crippen molar-refractivity contribution < 1.29 is 0 Å². The summed E-state index contributed by atoms with van der Waals surface area (Å²) < 4.78 is 2.31. The number of pyridine rings is 1. The van der Waals surface area contributed by atoms with E-state index in [0.29, 0.717) is 11.8 Å². The van der Waals surface area contributed by atoms with Crippen molar-refractivity contribution in [3.05, 3.63) is 53.5 Å². The van der Waals surface area contributed by atoms with E-state index in [4.69, 9.17) is 4.98 Å². The summed E-state index contributed by atoms with van der Waals surface area (Å²) in [6.07, 6.45) is 6.20. The number of imidazole rings is 1. The van der Waals surface area contributed by atoms with Gasteiger partial charge in [-0.25, -0.2) is 9.97 Å². The van der Waals surface area contributed by atoms with Crippen molar-refractivity contribution in [2.75, 3.05) is 18.5 Å². The number of fused-ring (bicyclic) bond motifs is 2. The third-order valence-electron chi connectivity index (χ3n) is 5.77. The lowest BCUT2D eigenvalue weighted by Gasteiger charge is -2.17. The summed E-state index contributed by atoms with van der Waals surface area (Å²) in [5, 5.41) is 0. The Morgan fingerprint density at radius 2 is 1.92 bits per heavy atom. The summed E-state index contributed by atoms with van der Waals surface area (Å²) in [6.45, 7) is 8.88. The monoisotopic (exact) mass is 348 g/mol. The Morgan fingerprint density at radius 1 is 1.08 bits per heavy atom. The number of nitrogens with zero attached hydrogens (tertiary/aromatic N) is 4. The smallest absolute Gasteiger partial charge is 0.131 e. The Labute approximate surface area is 155 Å². The van der Waals surface area contributed by atoms with Crippen LogP contribution in [0.1, 0.15) is 55.7 Å². The number of hydrogen-bond acceptors (Lipinski definition) is 3. The van der Waals surface area contributed by atoms with Gasteiger partial charge in [-0.05, 0) is 53.5 Å². The molecular formula is C22H28N4. The van der Waals surface area contributed by atoms with Crippen LogP contribution in [-0.4, -0.2) is 28.1 Å². The largest absolute Gasteiger partial charge is 0.359 e. The lowest BCUT2D eigenvalue weighted by Crippen LogP contribution is -2.13. The second kappa shape index (κ2) is 6.75. The Balaban J connectivity index is 1.55. The number of anilines is 1. The predicted octanol–water partition coefficient (Wildman–Crippen LogP) is 4.74. The Hall–Kier alpha value is -2.36. The molecule has 0 radical (unpaired) electrons. The molecule has 1 aliphatic heterocycles. The Kier molecular flexibility index (Phi) is 4.43. The molecule has 0 aliphatic carbocycles. The molecule has 1 unspecified atom stereocenters. The molecule has 4 heteroatoms. The first-order valence-electron chi connectivity index (χ1n) is 9.69. The molecule has 26 heavy (non-hydrogen) atoms. The maximum Gasteiger partial charge on any atom is 0.131 e. The van der Waals surface area contributed by atoms with Crippen molar-refractivity contribution in [2.24, 2.45) is 0 Å². The van der Waals surface area contributed by atoms with Crippen molar-refractivity contribution >= 4 is 16.9 Å². The van der Waals surface area contributed by atoms with Crippen LogP contribution in [0, 0.1) is 0 Å². The van der Waals surface area contributed by atoms with Gasteiger partial charge in [0.1, 0.15) is 5.82 Å². The lowest BCUT2D eigenvalue weighted by molar-refractivity contribution is 0.583. The number of hydrogen-bond donors (Lipinski definition) is 0. The summed E-state index contributed by atoms with van der Waals surface area (Å²) in [5.74, 6) is 2.19. The van der Waals surface area contributed by atoms with Gasteiger partial charge < -0.3 is 9.47 Å². The van der Waals surface area contributed by atoms with Gasteiger partial charge in [-0.1, -0.05) is 32.9 Å². The standard InChI is InChI=1S/C22H28N4/c1-15(2)17-6-5-7-20-21(17)24-14-26(20)13-9-16(3)18-8-11-23-22-19(18)10-12-25(22)4/h5-8,11,14-16H,9-10,12-13H2,1-4H3. The first kappa shape index (κ1) is 17.1. The molecule has 0 bridgehead atoms. The van der Waals surface area contributed by atoms with Crippen LogP contribution in [0.3, 0.4) is 0 Å². The molecule has 1 atom stereocenters. The third kappa shape index (κ3) is 2.87. The van der Waals surface area contributed by atoms with Crippen LogP contribution in [0.15, 0.2) is 36.8 Å². The highest BCUT2D eigenvalue weighted by Gasteiger charge is 2.22. The summed E-state index contributed by atoms with van der Waals surface area (Å²) in [4.78, 5) is 11.5. The predicted molar refractivity (Wildman–Crippen MR) is 108 cm³/mol. The molecule has 0 amide bonds. The molecule has 0 fully saturated rings.